The molecule has 1 heterocycles. The van der Waals surface area contributed by atoms with E-state index in [1.54, 1.807) is 13.8 Å². The molecule has 1 aliphatic heterocycles. The van der Waals surface area contributed by atoms with E-state index in [0.29, 0.717) is 0 Å². The maximum atomic E-state index is 12.2. The fourth-order valence-electron chi connectivity index (χ4n) is 2.63. The Morgan fingerprint density at radius 3 is 1.22 bits per heavy atom. The van der Waals surface area contributed by atoms with Gasteiger partial charge < -0.3 is 40.1 Å². The number of carbonyl (C=O) groups excluding carboxylic acids is 2. The van der Waals surface area contributed by atoms with E-state index in [1.165, 1.54) is 9.80 Å². The van der Waals surface area contributed by atoms with Crippen LogP contribution in [0.1, 0.15) is 13.8 Å². The van der Waals surface area contributed by atoms with Crippen LogP contribution < -0.4 is 59.1 Å². The van der Waals surface area contributed by atoms with Gasteiger partial charge in [0.2, 0.25) is 0 Å². The Labute approximate surface area is 229 Å². The molecule has 0 aromatic carbocycles. The van der Waals surface area contributed by atoms with Crippen molar-refractivity contribution in [3.8, 4) is 0 Å². The number of nitrogens with zero attached hydrogens (tertiary/aromatic N) is 8. The third-order valence-corrected chi connectivity index (χ3v) is 4.19. The third-order valence-electron chi connectivity index (χ3n) is 4.19. The molecule has 2 amide bonds. The topological polar surface area (TPSA) is 189 Å². The molecular formula is C14H26N8Na2O8. The molecule has 1 aliphatic rings. The van der Waals surface area contributed by atoms with Gasteiger partial charge in [-0.3, -0.25) is 0 Å². The van der Waals surface area contributed by atoms with Crippen LogP contribution in [-0.4, -0.2) is 108 Å². The van der Waals surface area contributed by atoms with Crippen molar-refractivity contribution in [1.82, 2.24) is 19.8 Å². The van der Waals surface area contributed by atoms with Gasteiger partial charge >= 0.3 is 71.3 Å². The molecule has 0 aromatic rings. The molecule has 0 saturated carbocycles. The number of rotatable bonds is 4. The molecule has 0 spiro atoms. The fourth-order valence-corrected chi connectivity index (χ4v) is 2.63. The first-order valence-corrected chi connectivity index (χ1v) is 9.32. The van der Waals surface area contributed by atoms with E-state index in [9.17, 15) is 30.4 Å². The quantitative estimate of drug-likeness (QED) is 0.162. The van der Waals surface area contributed by atoms with E-state index >= 15 is 0 Å². The smallest absolute Gasteiger partial charge is 0.737 e. The van der Waals surface area contributed by atoms with E-state index < -0.39 is 12.2 Å². The summed E-state index contributed by atoms with van der Waals surface area (Å²) in [5.41, 5.74) is 0. The van der Waals surface area contributed by atoms with Crippen LogP contribution in [-0.2, 0) is 9.47 Å². The van der Waals surface area contributed by atoms with E-state index in [-0.39, 0.29) is 135 Å². The summed E-state index contributed by atoms with van der Waals surface area (Å²) in [7, 11) is 0. The number of carbonyl (C=O) groups is 2. The number of amides is 2. The molecule has 0 radical (unpaired) electrons. The minimum Gasteiger partial charge on any atom is -0.737 e. The second-order valence-corrected chi connectivity index (χ2v) is 5.95. The second-order valence-electron chi connectivity index (χ2n) is 5.95. The van der Waals surface area contributed by atoms with Gasteiger partial charge in [-0.25, -0.2) is 9.59 Å². The zero-order chi connectivity index (χ0) is 22.5. The first-order chi connectivity index (χ1) is 14.4. The van der Waals surface area contributed by atoms with Crippen molar-refractivity contribution in [2.45, 2.75) is 13.8 Å². The summed E-state index contributed by atoms with van der Waals surface area (Å²) < 4.78 is 9.90. The maximum Gasteiger partial charge on any atom is 1.00 e. The van der Waals surface area contributed by atoms with Gasteiger partial charge in [-0.15, -0.1) is 10.0 Å². The van der Waals surface area contributed by atoms with Crippen molar-refractivity contribution in [3.05, 3.63) is 20.8 Å². The first kappa shape index (κ1) is 32.7. The Kier molecular flexibility index (Phi) is 18.4. The molecule has 172 valence electrons. The predicted molar refractivity (Wildman–Crippen MR) is 99.2 cm³/mol. The van der Waals surface area contributed by atoms with Gasteiger partial charge in [0.15, 0.2) is 0 Å². The van der Waals surface area contributed by atoms with Crippen LogP contribution in [0.2, 0.25) is 0 Å². The molecule has 1 fully saturated rings. The Morgan fingerprint density at radius 1 is 0.719 bits per heavy atom. The molecule has 0 N–H and O–H groups in total. The van der Waals surface area contributed by atoms with Crippen molar-refractivity contribution >= 4 is 12.2 Å². The van der Waals surface area contributed by atoms with Gasteiger partial charge in [-0.1, -0.05) is 0 Å². The monoisotopic (exact) mass is 480 g/mol. The van der Waals surface area contributed by atoms with Crippen LogP contribution in [0.15, 0.2) is 10.6 Å². The molecule has 0 aromatic heterocycles. The van der Waals surface area contributed by atoms with Crippen molar-refractivity contribution in [2.75, 3.05) is 65.6 Å². The Hall–Kier alpha value is -1.46. The van der Waals surface area contributed by atoms with Crippen LogP contribution >= 0.6 is 0 Å². The fraction of sp³-hybridized carbons (Fsp3) is 0.857. The van der Waals surface area contributed by atoms with Gasteiger partial charge in [-0.2, -0.15) is 0 Å². The minimum atomic E-state index is -0.698. The molecule has 1 rings (SSSR count). The number of hydrogen-bond acceptors (Lipinski definition) is 10. The van der Waals surface area contributed by atoms with Gasteiger partial charge in [-0.05, 0) is 24.4 Å². The van der Waals surface area contributed by atoms with Crippen LogP contribution in [0.25, 0.3) is 0 Å². The third kappa shape index (κ3) is 10.9. The summed E-state index contributed by atoms with van der Waals surface area (Å²) in [6, 6.07) is 0. The predicted octanol–water partition coefficient (Wildman–Crippen LogP) is -5.72. The molecule has 0 bridgehead atoms. The summed E-state index contributed by atoms with van der Waals surface area (Å²) in [6.45, 7) is 2.84. The number of hydrazine groups is 2. The van der Waals surface area contributed by atoms with Gasteiger partial charge in [0.1, 0.15) is 0 Å². The van der Waals surface area contributed by atoms with E-state index in [2.05, 4.69) is 10.6 Å². The van der Waals surface area contributed by atoms with Crippen molar-refractivity contribution in [3.63, 3.8) is 0 Å². The van der Waals surface area contributed by atoms with E-state index in [4.69, 9.17) is 9.47 Å². The standard InChI is InChI=1S/C14H28N8O8.2Na/c1-3-29-13(23)17-5-9-19(21(27)15-25)11-7-18(14(24)30-4-2)8-12-20(10-6-17)22(28)16-26;;/h25-26H,3-12H2,1-2H3;;/q;2*+1/p-2/b21-15-,22-16-;;. The molecular weight excluding hydrogens is 454 g/mol. The maximum absolute atomic E-state index is 12.2. The van der Waals surface area contributed by atoms with Gasteiger partial charge in [0.25, 0.3) is 0 Å². The SMILES string of the molecule is CCOC(=O)N1CCN(/[N+]([O-])=N/[O-])CCN(C(=O)OCC)CCN(/[N+]([O-])=N/[O-])CC1.[Na+].[Na+]. The Bertz CT molecular complexity index is 562. The largest absolute Gasteiger partial charge is 1.00 e. The van der Waals surface area contributed by atoms with Gasteiger partial charge in [0, 0.05) is 36.1 Å². The summed E-state index contributed by atoms with van der Waals surface area (Å²) in [5, 5.41) is 51.6. The van der Waals surface area contributed by atoms with Crippen molar-refractivity contribution in [1.29, 1.82) is 0 Å². The second kappa shape index (κ2) is 18.0. The van der Waals surface area contributed by atoms with Gasteiger partial charge in [0.05, 0.1) is 39.4 Å². The average molecular weight is 480 g/mol. The van der Waals surface area contributed by atoms with Crippen LogP contribution in [0, 0.1) is 20.8 Å². The Morgan fingerprint density at radius 2 is 1.00 bits per heavy atom. The normalized spacial score (nSPS) is 16.7. The molecule has 32 heavy (non-hydrogen) atoms. The zero-order valence-corrected chi connectivity index (χ0v) is 22.9. The summed E-state index contributed by atoms with van der Waals surface area (Å²) >= 11 is 0. The molecule has 0 atom stereocenters. The number of hydrogen-bond donors (Lipinski definition) is 0. The molecule has 1 saturated heterocycles. The molecule has 18 heteroatoms. The minimum absolute atomic E-state index is 0. The molecule has 0 aliphatic carbocycles. The first-order valence-electron chi connectivity index (χ1n) is 9.32. The summed E-state index contributed by atoms with van der Waals surface area (Å²) in [5.74, 6) is 0. The van der Waals surface area contributed by atoms with Crippen molar-refractivity contribution in [2.24, 2.45) is 10.6 Å². The summed E-state index contributed by atoms with van der Waals surface area (Å²) in [6.07, 6.45) is -1.40. The van der Waals surface area contributed by atoms with Crippen LogP contribution in [0.3, 0.4) is 0 Å². The van der Waals surface area contributed by atoms with E-state index in [0.717, 1.165) is 10.0 Å². The summed E-state index contributed by atoms with van der Waals surface area (Å²) in [4.78, 5) is 26.4. The molecule has 0 unspecified atom stereocenters. The van der Waals surface area contributed by atoms with E-state index in [1.807, 2.05) is 0 Å². The van der Waals surface area contributed by atoms with Crippen LogP contribution in [0.5, 0.6) is 0 Å². The Balaban J connectivity index is 0. The van der Waals surface area contributed by atoms with Crippen LogP contribution in [0.4, 0.5) is 9.59 Å². The zero-order valence-electron chi connectivity index (χ0n) is 18.9. The number of ether oxygens (including phenoxy) is 2. The molecule has 16 nitrogen and oxygen atoms in total. The van der Waals surface area contributed by atoms with Crippen molar-refractivity contribution < 1.29 is 88.1 Å². The average Bonchev–Trinajstić information content (AvgIpc) is 2.73.